The Morgan fingerprint density at radius 2 is 1.90 bits per heavy atom. The summed E-state index contributed by atoms with van der Waals surface area (Å²) in [5, 5.41) is 15.7. The van der Waals surface area contributed by atoms with Crippen molar-refractivity contribution < 1.29 is 23.1 Å². The highest BCUT2D eigenvalue weighted by Gasteiger charge is 2.51. The summed E-state index contributed by atoms with van der Waals surface area (Å²) in [5.74, 6) is -1.61. The summed E-state index contributed by atoms with van der Waals surface area (Å²) < 4.78 is 40.5. The maximum absolute atomic E-state index is 13.2. The molecule has 1 aliphatic carbocycles. The third-order valence-electron chi connectivity index (χ3n) is 4.12. The molecule has 1 aliphatic rings. The van der Waals surface area contributed by atoms with E-state index in [0.717, 1.165) is 17.5 Å². The first-order chi connectivity index (χ1) is 9.28. The van der Waals surface area contributed by atoms with Crippen LogP contribution in [0.4, 0.5) is 13.2 Å². The topological polar surface area (TPSA) is 68.0 Å². The lowest BCUT2D eigenvalue weighted by Crippen LogP contribution is -2.39. The molecular formula is C12H16F3N3O2. The molecule has 1 N–H and O–H groups in total. The van der Waals surface area contributed by atoms with E-state index in [-0.39, 0.29) is 5.92 Å². The van der Waals surface area contributed by atoms with Crippen LogP contribution >= 0.6 is 0 Å². The number of carbonyl (C=O) groups is 1. The van der Waals surface area contributed by atoms with Crippen molar-refractivity contribution in [1.82, 2.24) is 15.0 Å². The SMILES string of the molecule is CCC(CC)(C1CC1)n1nnc(C(=O)O)c1C(F)(F)F. The van der Waals surface area contributed by atoms with E-state index in [1.54, 1.807) is 13.8 Å². The monoisotopic (exact) mass is 291 g/mol. The Balaban J connectivity index is 2.64. The van der Waals surface area contributed by atoms with Crippen molar-refractivity contribution in [3.05, 3.63) is 11.4 Å². The number of hydrogen-bond acceptors (Lipinski definition) is 3. The van der Waals surface area contributed by atoms with E-state index >= 15 is 0 Å². The lowest BCUT2D eigenvalue weighted by atomic mass is 9.87. The molecule has 0 saturated heterocycles. The van der Waals surface area contributed by atoms with E-state index in [0.29, 0.717) is 12.8 Å². The number of aromatic nitrogens is 3. The molecule has 112 valence electrons. The molecule has 1 aromatic rings. The fourth-order valence-electron chi connectivity index (χ4n) is 2.91. The van der Waals surface area contributed by atoms with Crippen molar-refractivity contribution in [2.45, 2.75) is 51.2 Å². The molecule has 2 rings (SSSR count). The Bertz CT molecular complexity index is 517. The van der Waals surface area contributed by atoms with Gasteiger partial charge >= 0.3 is 12.1 Å². The van der Waals surface area contributed by atoms with Crippen molar-refractivity contribution in [2.24, 2.45) is 5.92 Å². The molecule has 1 fully saturated rings. The van der Waals surface area contributed by atoms with Crippen LogP contribution in [0.15, 0.2) is 0 Å². The predicted molar refractivity (Wildman–Crippen MR) is 63.3 cm³/mol. The molecular weight excluding hydrogens is 275 g/mol. The van der Waals surface area contributed by atoms with E-state index in [2.05, 4.69) is 10.3 Å². The van der Waals surface area contributed by atoms with Gasteiger partial charge in [0.1, 0.15) is 0 Å². The zero-order valence-corrected chi connectivity index (χ0v) is 11.2. The second kappa shape index (κ2) is 4.75. The highest BCUT2D eigenvalue weighted by molar-refractivity contribution is 5.86. The molecule has 1 aromatic heterocycles. The fraction of sp³-hybridized carbons (Fsp3) is 0.750. The first-order valence-corrected chi connectivity index (χ1v) is 6.54. The molecule has 1 saturated carbocycles. The average molecular weight is 291 g/mol. The van der Waals surface area contributed by atoms with Crippen LogP contribution in [0.3, 0.4) is 0 Å². The quantitative estimate of drug-likeness (QED) is 0.905. The lowest BCUT2D eigenvalue weighted by molar-refractivity contribution is -0.147. The van der Waals surface area contributed by atoms with Crippen molar-refractivity contribution in [3.8, 4) is 0 Å². The number of aromatic carboxylic acids is 1. The van der Waals surface area contributed by atoms with Crippen LogP contribution in [-0.2, 0) is 11.7 Å². The molecule has 20 heavy (non-hydrogen) atoms. The van der Waals surface area contributed by atoms with Crippen molar-refractivity contribution in [3.63, 3.8) is 0 Å². The molecule has 1 heterocycles. The molecule has 0 aromatic carbocycles. The molecule has 0 aliphatic heterocycles. The molecule has 0 spiro atoms. The largest absolute Gasteiger partial charge is 0.476 e. The van der Waals surface area contributed by atoms with Crippen molar-refractivity contribution in [1.29, 1.82) is 0 Å². The van der Waals surface area contributed by atoms with Gasteiger partial charge in [0, 0.05) is 0 Å². The first-order valence-electron chi connectivity index (χ1n) is 6.54. The van der Waals surface area contributed by atoms with Crippen LogP contribution in [0.2, 0.25) is 0 Å². The maximum atomic E-state index is 13.2. The number of halogens is 3. The summed E-state index contributed by atoms with van der Waals surface area (Å²) in [5.41, 5.74) is -3.07. The van der Waals surface area contributed by atoms with Gasteiger partial charge in [0.2, 0.25) is 5.69 Å². The van der Waals surface area contributed by atoms with Crippen molar-refractivity contribution >= 4 is 5.97 Å². The van der Waals surface area contributed by atoms with E-state index in [1.165, 1.54) is 0 Å². The standard InChI is InChI=1S/C12H16F3N3O2/c1-3-11(4-2,7-5-6-7)18-9(12(13,14)15)8(10(19)20)16-17-18/h7H,3-6H2,1-2H3,(H,19,20). The fourth-order valence-corrected chi connectivity index (χ4v) is 2.91. The first kappa shape index (κ1) is 14.8. The van der Waals surface area contributed by atoms with Gasteiger partial charge in [0.05, 0.1) is 5.54 Å². The van der Waals surface area contributed by atoms with Gasteiger partial charge in [-0.2, -0.15) is 13.2 Å². The number of nitrogens with zero attached hydrogens (tertiary/aromatic N) is 3. The minimum Gasteiger partial charge on any atom is -0.476 e. The molecule has 0 bridgehead atoms. The zero-order chi connectivity index (χ0) is 15.1. The predicted octanol–water partition coefficient (Wildman–Crippen LogP) is 2.92. The second-order valence-corrected chi connectivity index (χ2v) is 5.09. The van der Waals surface area contributed by atoms with Gasteiger partial charge in [-0.3, -0.25) is 0 Å². The highest BCUT2D eigenvalue weighted by Crippen LogP contribution is 2.50. The van der Waals surface area contributed by atoms with Crippen LogP contribution in [0.5, 0.6) is 0 Å². The molecule has 0 atom stereocenters. The molecule has 5 nitrogen and oxygen atoms in total. The molecule has 0 radical (unpaired) electrons. The third-order valence-corrected chi connectivity index (χ3v) is 4.12. The smallest absolute Gasteiger partial charge is 0.435 e. The number of carboxylic acids is 1. The van der Waals surface area contributed by atoms with E-state index in [4.69, 9.17) is 5.11 Å². The van der Waals surface area contributed by atoms with Gasteiger partial charge in [0.25, 0.3) is 0 Å². The van der Waals surface area contributed by atoms with Crippen LogP contribution in [0.25, 0.3) is 0 Å². The molecule has 0 unspecified atom stereocenters. The Kier molecular flexibility index (Phi) is 3.51. The number of hydrogen-bond donors (Lipinski definition) is 1. The Labute approximate surface area is 113 Å². The van der Waals surface area contributed by atoms with E-state index in [9.17, 15) is 18.0 Å². The average Bonchev–Trinajstić information content (AvgIpc) is 3.08. The number of rotatable bonds is 5. The normalized spacial score (nSPS) is 16.4. The van der Waals surface area contributed by atoms with Gasteiger partial charge in [-0.05, 0) is 31.6 Å². The summed E-state index contributed by atoms with van der Waals surface area (Å²) >= 11 is 0. The van der Waals surface area contributed by atoms with Crippen LogP contribution in [0, 0.1) is 5.92 Å². The van der Waals surface area contributed by atoms with Gasteiger partial charge in [-0.25, -0.2) is 9.48 Å². The second-order valence-electron chi connectivity index (χ2n) is 5.09. The van der Waals surface area contributed by atoms with Crippen LogP contribution in [0.1, 0.15) is 55.7 Å². The number of alkyl halides is 3. The minimum absolute atomic E-state index is 0.0990. The van der Waals surface area contributed by atoms with Gasteiger partial charge in [0.15, 0.2) is 5.69 Å². The summed E-state index contributed by atoms with van der Waals surface area (Å²) in [6.45, 7) is 3.59. The molecule has 0 amide bonds. The third kappa shape index (κ3) is 2.16. The van der Waals surface area contributed by atoms with Gasteiger partial charge < -0.3 is 5.11 Å². The van der Waals surface area contributed by atoms with Gasteiger partial charge in [-0.15, -0.1) is 5.10 Å². The minimum atomic E-state index is -4.79. The maximum Gasteiger partial charge on any atom is 0.435 e. The van der Waals surface area contributed by atoms with Crippen molar-refractivity contribution in [2.75, 3.05) is 0 Å². The van der Waals surface area contributed by atoms with Crippen LogP contribution < -0.4 is 0 Å². The van der Waals surface area contributed by atoms with E-state index < -0.39 is 29.1 Å². The Hall–Kier alpha value is -1.60. The zero-order valence-electron chi connectivity index (χ0n) is 11.2. The highest BCUT2D eigenvalue weighted by atomic mass is 19.4. The van der Waals surface area contributed by atoms with E-state index in [1.807, 2.05) is 0 Å². The van der Waals surface area contributed by atoms with Gasteiger partial charge in [-0.1, -0.05) is 19.1 Å². The summed E-state index contributed by atoms with van der Waals surface area (Å²) in [7, 11) is 0. The Morgan fingerprint density at radius 3 is 2.25 bits per heavy atom. The van der Waals surface area contributed by atoms with Crippen LogP contribution in [-0.4, -0.2) is 26.1 Å². The summed E-state index contributed by atoms with van der Waals surface area (Å²) in [6.07, 6.45) is -2.20. The molecule has 8 heteroatoms. The number of carboxylic acid groups (broad SMARTS) is 1. The summed E-state index contributed by atoms with van der Waals surface area (Å²) in [6, 6.07) is 0. The lowest BCUT2D eigenvalue weighted by Gasteiger charge is -2.33. The summed E-state index contributed by atoms with van der Waals surface area (Å²) in [4.78, 5) is 11.0. The Morgan fingerprint density at radius 1 is 1.35 bits per heavy atom.